The summed E-state index contributed by atoms with van der Waals surface area (Å²) in [5.74, 6) is -0.0944. The van der Waals surface area contributed by atoms with Crippen LogP contribution in [0.1, 0.15) is 15.9 Å². The molecule has 2 aromatic carbocycles. The molecule has 0 atom stereocenters. The van der Waals surface area contributed by atoms with Gasteiger partial charge >= 0.3 is 5.97 Å². The number of aromatic nitrogens is 2. The van der Waals surface area contributed by atoms with Crippen LogP contribution >= 0.6 is 0 Å². The number of amides is 1. The zero-order valence-electron chi connectivity index (χ0n) is 14.7. The van der Waals surface area contributed by atoms with Crippen molar-refractivity contribution in [1.29, 1.82) is 0 Å². The summed E-state index contributed by atoms with van der Waals surface area (Å²) in [5, 5.41) is 5.88. The Morgan fingerprint density at radius 1 is 0.963 bits per heavy atom. The number of hydrogen-bond acceptors (Lipinski definition) is 6. The highest BCUT2D eigenvalue weighted by Gasteiger charge is 2.08. The third-order valence-corrected chi connectivity index (χ3v) is 3.73. The molecule has 0 aliphatic heterocycles. The number of esters is 1. The molecule has 1 amide bonds. The van der Waals surface area contributed by atoms with Gasteiger partial charge in [0, 0.05) is 29.3 Å². The lowest BCUT2D eigenvalue weighted by Gasteiger charge is -2.09. The van der Waals surface area contributed by atoms with E-state index in [4.69, 9.17) is 0 Å². The Bertz CT molecular complexity index is 927. The van der Waals surface area contributed by atoms with Crippen LogP contribution in [0, 0.1) is 0 Å². The first kappa shape index (κ1) is 18.1. The maximum absolute atomic E-state index is 12.5. The van der Waals surface area contributed by atoms with Gasteiger partial charge < -0.3 is 15.4 Å². The van der Waals surface area contributed by atoms with Gasteiger partial charge in [0.25, 0.3) is 5.91 Å². The minimum Gasteiger partial charge on any atom is -0.469 e. The molecule has 3 aromatic rings. The molecule has 0 bridgehead atoms. The Balaban J connectivity index is 1.65. The van der Waals surface area contributed by atoms with Crippen LogP contribution in [0.25, 0.3) is 0 Å². The number of carbonyl (C=O) groups excluding carboxylic acids is 2. The van der Waals surface area contributed by atoms with Gasteiger partial charge in [-0.25, -0.2) is 9.97 Å². The summed E-state index contributed by atoms with van der Waals surface area (Å²) in [5.41, 5.74) is 2.66. The molecule has 0 radical (unpaired) electrons. The lowest BCUT2D eigenvalue weighted by atomic mass is 10.1. The molecule has 0 aliphatic rings. The van der Waals surface area contributed by atoms with E-state index < -0.39 is 0 Å². The molecule has 1 heterocycles. The van der Waals surface area contributed by atoms with E-state index in [1.807, 2.05) is 6.07 Å². The topological polar surface area (TPSA) is 93.2 Å². The fourth-order valence-electron chi connectivity index (χ4n) is 2.38. The van der Waals surface area contributed by atoms with Crippen molar-refractivity contribution in [1.82, 2.24) is 9.97 Å². The molecule has 7 nitrogen and oxygen atoms in total. The number of carbonyl (C=O) groups is 2. The molecular formula is C20H18N4O3. The first-order valence-corrected chi connectivity index (χ1v) is 8.25. The van der Waals surface area contributed by atoms with Crippen LogP contribution in [0.2, 0.25) is 0 Å². The van der Waals surface area contributed by atoms with E-state index in [2.05, 4.69) is 25.3 Å². The Morgan fingerprint density at radius 2 is 1.70 bits per heavy atom. The van der Waals surface area contributed by atoms with E-state index in [0.717, 1.165) is 5.56 Å². The van der Waals surface area contributed by atoms with Crippen molar-refractivity contribution in [3.05, 3.63) is 78.1 Å². The number of ether oxygens (including phenoxy) is 1. The van der Waals surface area contributed by atoms with Gasteiger partial charge in [-0.1, -0.05) is 18.2 Å². The van der Waals surface area contributed by atoms with Gasteiger partial charge in [-0.15, -0.1) is 0 Å². The predicted octanol–water partition coefficient (Wildman–Crippen LogP) is 3.19. The van der Waals surface area contributed by atoms with Crippen molar-refractivity contribution in [2.75, 3.05) is 17.7 Å². The molecule has 3 rings (SSSR count). The molecular weight excluding hydrogens is 344 g/mol. The number of benzene rings is 2. The molecule has 0 fully saturated rings. The number of hydrogen-bond donors (Lipinski definition) is 2. The number of anilines is 3. The maximum Gasteiger partial charge on any atom is 0.309 e. The average Bonchev–Trinajstić information content (AvgIpc) is 2.70. The Hall–Kier alpha value is -3.74. The predicted molar refractivity (Wildman–Crippen MR) is 102 cm³/mol. The average molecular weight is 362 g/mol. The first-order chi connectivity index (χ1) is 13.1. The Morgan fingerprint density at radius 3 is 2.41 bits per heavy atom. The van der Waals surface area contributed by atoms with Gasteiger partial charge in [-0.05, 0) is 42.0 Å². The highest BCUT2D eigenvalue weighted by Crippen LogP contribution is 2.17. The zero-order chi connectivity index (χ0) is 19.1. The zero-order valence-corrected chi connectivity index (χ0v) is 14.7. The quantitative estimate of drug-likeness (QED) is 0.654. The Kier molecular flexibility index (Phi) is 5.73. The van der Waals surface area contributed by atoms with Gasteiger partial charge in [-0.3, -0.25) is 9.59 Å². The van der Waals surface area contributed by atoms with Crippen LogP contribution in [0.15, 0.2) is 67.0 Å². The molecule has 0 aliphatic carbocycles. The van der Waals surface area contributed by atoms with Crippen LogP contribution in [0.4, 0.5) is 17.3 Å². The SMILES string of the molecule is COC(=O)Cc1ccc(NC(=O)c2cccc(Nc3ncccn3)c2)cc1. The van der Waals surface area contributed by atoms with Crippen LogP contribution in [0.5, 0.6) is 0 Å². The number of rotatable bonds is 6. The molecule has 1 aromatic heterocycles. The molecule has 27 heavy (non-hydrogen) atoms. The van der Waals surface area contributed by atoms with E-state index in [0.29, 0.717) is 22.9 Å². The number of nitrogens with one attached hydrogen (secondary N) is 2. The van der Waals surface area contributed by atoms with Gasteiger partial charge in [0.05, 0.1) is 13.5 Å². The molecule has 136 valence electrons. The molecule has 2 N–H and O–H groups in total. The lowest BCUT2D eigenvalue weighted by Crippen LogP contribution is -2.12. The van der Waals surface area contributed by atoms with Gasteiger partial charge in [0.15, 0.2) is 0 Å². The van der Waals surface area contributed by atoms with E-state index >= 15 is 0 Å². The highest BCUT2D eigenvalue weighted by atomic mass is 16.5. The van der Waals surface area contributed by atoms with Crippen molar-refractivity contribution in [3.8, 4) is 0 Å². The molecule has 0 saturated carbocycles. The molecule has 0 unspecified atom stereocenters. The Labute approximate surface area is 156 Å². The fraction of sp³-hybridized carbons (Fsp3) is 0.100. The smallest absolute Gasteiger partial charge is 0.309 e. The van der Waals surface area contributed by atoms with E-state index in [1.165, 1.54) is 7.11 Å². The molecule has 0 saturated heterocycles. The first-order valence-electron chi connectivity index (χ1n) is 8.25. The maximum atomic E-state index is 12.5. The standard InChI is InChI=1S/C20H18N4O3/c1-27-18(25)12-14-6-8-16(9-7-14)23-19(26)15-4-2-5-17(13-15)24-20-21-10-3-11-22-20/h2-11,13H,12H2,1H3,(H,23,26)(H,21,22,24). The third kappa shape index (κ3) is 5.12. The fourth-order valence-corrected chi connectivity index (χ4v) is 2.38. The van der Waals surface area contributed by atoms with Gasteiger partial charge in [0.1, 0.15) is 0 Å². The van der Waals surface area contributed by atoms with Gasteiger partial charge in [0.2, 0.25) is 5.95 Å². The van der Waals surface area contributed by atoms with E-state index in [1.54, 1.807) is 60.9 Å². The minimum atomic E-state index is -0.307. The van der Waals surface area contributed by atoms with Crippen molar-refractivity contribution in [2.24, 2.45) is 0 Å². The van der Waals surface area contributed by atoms with E-state index in [-0.39, 0.29) is 18.3 Å². The summed E-state index contributed by atoms with van der Waals surface area (Å²) in [7, 11) is 1.35. The minimum absolute atomic E-state index is 0.194. The summed E-state index contributed by atoms with van der Waals surface area (Å²) in [6.07, 6.45) is 3.46. The van der Waals surface area contributed by atoms with Crippen molar-refractivity contribution in [3.63, 3.8) is 0 Å². The largest absolute Gasteiger partial charge is 0.469 e. The highest BCUT2D eigenvalue weighted by molar-refractivity contribution is 6.04. The van der Waals surface area contributed by atoms with Crippen LogP contribution in [0.3, 0.4) is 0 Å². The van der Waals surface area contributed by atoms with Crippen molar-refractivity contribution < 1.29 is 14.3 Å². The monoisotopic (exact) mass is 362 g/mol. The summed E-state index contributed by atoms with van der Waals surface area (Å²) in [6, 6.07) is 15.8. The summed E-state index contributed by atoms with van der Waals surface area (Å²) in [4.78, 5) is 32.0. The molecule has 7 heteroatoms. The third-order valence-electron chi connectivity index (χ3n) is 3.73. The van der Waals surface area contributed by atoms with E-state index in [9.17, 15) is 9.59 Å². The number of nitrogens with zero attached hydrogens (tertiary/aromatic N) is 2. The second kappa shape index (κ2) is 8.57. The second-order valence-electron chi connectivity index (χ2n) is 5.68. The van der Waals surface area contributed by atoms with Crippen LogP contribution in [-0.2, 0) is 16.0 Å². The van der Waals surface area contributed by atoms with Crippen molar-refractivity contribution >= 4 is 29.2 Å². The summed E-state index contributed by atoms with van der Waals surface area (Å²) < 4.78 is 4.64. The molecule has 0 spiro atoms. The van der Waals surface area contributed by atoms with Gasteiger partial charge in [-0.2, -0.15) is 0 Å². The van der Waals surface area contributed by atoms with Crippen LogP contribution < -0.4 is 10.6 Å². The lowest BCUT2D eigenvalue weighted by molar-refractivity contribution is -0.139. The summed E-state index contributed by atoms with van der Waals surface area (Å²) >= 11 is 0. The van der Waals surface area contributed by atoms with Crippen molar-refractivity contribution in [2.45, 2.75) is 6.42 Å². The normalized spacial score (nSPS) is 10.1. The number of methoxy groups -OCH3 is 1. The van der Waals surface area contributed by atoms with Crippen LogP contribution in [-0.4, -0.2) is 29.0 Å². The summed E-state index contributed by atoms with van der Waals surface area (Å²) in [6.45, 7) is 0. The second-order valence-corrected chi connectivity index (χ2v) is 5.68.